The van der Waals surface area contributed by atoms with Gasteiger partial charge in [0.1, 0.15) is 171 Å². The van der Waals surface area contributed by atoms with Gasteiger partial charge in [-0.3, -0.25) is 0 Å². The molecule has 0 aromatic rings. The van der Waals surface area contributed by atoms with E-state index in [4.69, 9.17) is 66.3 Å². The van der Waals surface area contributed by atoms with E-state index in [1.54, 1.807) is 0 Å². The molecule has 21 aliphatic heterocycles. The normalized spacial score (nSPS) is 55.4. The van der Waals surface area contributed by atoms with Gasteiger partial charge in [-0.15, -0.1) is 0 Å². The van der Waals surface area contributed by atoms with Gasteiger partial charge < -0.3 is 174 Å². The highest BCUT2D eigenvalue weighted by Crippen LogP contribution is 2.39. The van der Waals surface area contributed by atoms with Gasteiger partial charge in [0.05, 0.1) is 46.2 Å². The molecule has 21 N–H and O–H groups in total. The second kappa shape index (κ2) is 26.0. The van der Waals surface area contributed by atoms with Crippen molar-refractivity contribution >= 4 is 0 Å². The van der Waals surface area contributed by atoms with Gasteiger partial charge in [0.25, 0.3) is 0 Å². The molecule has 0 aliphatic carbocycles. The third-order valence-electron chi connectivity index (χ3n) is 14.8. The molecule has 0 amide bonds. The fourth-order valence-corrected chi connectivity index (χ4v) is 10.4. The Morgan fingerprint density at radius 3 is 0.351 bits per heavy atom. The van der Waals surface area contributed by atoms with Crippen LogP contribution in [0.2, 0.25) is 0 Å². The van der Waals surface area contributed by atoms with Crippen LogP contribution >= 0.6 is 0 Å². The molecule has 35 nitrogen and oxygen atoms in total. The van der Waals surface area contributed by atoms with Gasteiger partial charge in [-0.1, -0.05) is 0 Å². The van der Waals surface area contributed by atoms with Crippen molar-refractivity contribution in [2.75, 3.05) is 46.2 Å². The third kappa shape index (κ3) is 12.1. The molecule has 0 radical (unpaired) electrons. The summed E-state index contributed by atoms with van der Waals surface area (Å²) in [5, 5.41) is 230. The summed E-state index contributed by atoms with van der Waals surface area (Å²) >= 11 is 0. The fraction of sp³-hybridized carbons (Fsp3) is 1.00. The van der Waals surface area contributed by atoms with Gasteiger partial charge in [0.2, 0.25) is 0 Å². The maximum atomic E-state index is 11.3. The van der Waals surface area contributed by atoms with Gasteiger partial charge in [-0.2, -0.15) is 0 Å². The van der Waals surface area contributed by atoms with Crippen molar-refractivity contribution in [1.82, 2.24) is 0 Å². The number of hydrogen-bond donors (Lipinski definition) is 21. The van der Waals surface area contributed by atoms with Crippen molar-refractivity contribution in [3.05, 3.63) is 0 Å². The van der Waals surface area contributed by atoms with Gasteiger partial charge in [-0.05, 0) is 0 Å². The van der Waals surface area contributed by atoms with Crippen LogP contribution in [0.5, 0.6) is 0 Å². The highest BCUT2D eigenvalue weighted by atomic mass is 16.8. The smallest absolute Gasteiger partial charge is 0.187 e. The maximum absolute atomic E-state index is 11.3. The van der Waals surface area contributed by atoms with Gasteiger partial charge in [0, 0.05) is 0 Å². The van der Waals surface area contributed by atoms with Crippen LogP contribution in [0.15, 0.2) is 0 Å². The van der Waals surface area contributed by atoms with E-state index in [-0.39, 0.29) is 0 Å². The summed E-state index contributed by atoms with van der Waals surface area (Å²) in [6, 6.07) is 0. The number of aliphatic hydroxyl groups is 21. The lowest BCUT2D eigenvalue weighted by molar-refractivity contribution is -0.396. The van der Waals surface area contributed by atoms with Crippen molar-refractivity contribution in [2.24, 2.45) is 0 Å². The summed E-state index contributed by atoms with van der Waals surface area (Å²) in [7, 11) is 0. The molecular formula is C42H70O35. The Balaban J connectivity index is 1.08. The Labute approximate surface area is 434 Å². The molecule has 448 valence electrons. The van der Waals surface area contributed by atoms with E-state index in [0.29, 0.717) is 0 Å². The first kappa shape index (κ1) is 61.7. The molecule has 35 atom stereocenters. The molecule has 35 heteroatoms. The summed E-state index contributed by atoms with van der Waals surface area (Å²) in [5.41, 5.74) is 0. The first-order valence-corrected chi connectivity index (χ1v) is 24.6. The van der Waals surface area contributed by atoms with E-state index in [0.717, 1.165) is 0 Å². The Hall–Kier alpha value is -1.40. The molecule has 0 saturated carbocycles. The van der Waals surface area contributed by atoms with E-state index >= 15 is 0 Å². The van der Waals surface area contributed by atoms with Crippen molar-refractivity contribution < 1.29 is 174 Å². The number of rotatable bonds is 7. The summed E-state index contributed by atoms with van der Waals surface area (Å²) in [6.45, 7) is -7.33. The number of ether oxygens (including phenoxy) is 14. The quantitative estimate of drug-likeness (QED) is 0.113. The molecule has 15 unspecified atom stereocenters. The summed E-state index contributed by atoms with van der Waals surface area (Å²) < 4.78 is 79.5. The van der Waals surface area contributed by atoms with E-state index in [2.05, 4.69) is 0 Å². The van der Waals surface area contributed by atoms with Gasteiger partial charge >= 0.3 is 0 Å². The predicted molar refractivity (Wildman–Crippen MR) is 228 cm³/mol. The lowest BCUT2D eigenvalue weighted by Crippen LogP contribution is -2.68. The van der Waals surface area contributed by atoms with Crippen molar-refractivity contribution in [2.45, 2.75) is 215 Å². The third-order valence-corrected chi connectivity index (χ3v) is 14.8. The average molecular weight is 1130 g/mol. The minimum atomic E-state index is -2.21. The second-order valence-corrected chi connectivity index (χ2v) is 19.7. The molecule has 14 bridgehead atoms. The maximum Gasteiger partial charge on any atom is 0.187 e. The highest BCUT2D eigenvalue weighted by molar-refractivity contribution is 5.01. The molecule has 21 saturated heterocycles. The fourth-order valence-electron chi connectivity index (χ4n) is 10.4. The standard InChI is InChI=1S/C42H70O35/c43-1-8-29-15(50)22(57)36(64-8)72-30-9(2-44)66-38(24(59)17(30)52)74-32-11(4-46)68-40(26(61)19(32)54)76-34-13(6-48)70-42(28(63)21(34)56)77-35-14(7-49)69-41(27(62)20(35)55)75-33-12(5-47)67-39(25(60)18(33)53)73-31-10(3-45)65-37(71-29)23(58)16(31)51/h8-63H,1-7H2/t8?,9?,10?,11?,12?,13?,14?,15-,16-,17-,18-,19-,20-,21?,22?,23?,24?,25?,26?,27?,28?,29-,30-,31-,32-,33-,34-,35-,36-,37-,38+,39-,40+,41-,42+/m1/s1. The van der Waals surface area contributed by atoms with Crippen molar-refractivity contribution in [3.63, 3.8) is 0 Å². The molecule has 0 spiro atoms. The van der Waals surface area contributed by atoms with Gasteiger partial charge in [-0.25, -0.2) is 0 Å². The first-order valence-electron chi connectivity index (χ1n) is 24.6. The van der Waals surface area contributed by atoms with Crippen LogP contribution < -0.4 is 0 Å². The number of hydrogen-bond acceptors (Lipinski definition) is 35. The van der Waals surface area contributed by atoms with Crippen LogP contribution in [-0.2, 0) is 66.3 Å². The zero-order valence-electron chi connectivity index (χ0n) is 40.3. The van der Waals surface area contributed by atoms with Crippen LogP contribution in [0.3, 0.4) is 0 Å². The SMILES string of the molecule is OCC1O[C@H]2O[C@@H]3C(CO)O[C@H](O[C@@H]4C(CO)O[C@H](O[C@@H]5C(CO)O[C@H](O[C@@H]6C(CO)O[C@H](O[C@@H]7C(CO)O[C@@H](O[C@@H]8C(CO)O[C@@H](O[C@H]1C(O)C2O)C(O)[C@H]8O)C(O)[C@H]7O)C(O)[C@H]6O)C(O)[C@H]5O)C(O)[C@H]4O)C(O)[C@H]3O. The summed E-state index contributed by atoms with van der Waals surface area (Å²) in [6.07, 6.45) is -70.2. The highest BCUT2D eigenvalue weighted by Gasteiger charge is 2.59. The Kier molecular flexibility index (Phi) is 20.8. The molecular weight excluding hydrogens is 1060 g/mol. The lowest BCUT2D eigenvalue weighted by atomic mass is 9.95. The zero-order valence-corrected chi connectivity index (χ0v) is 40.3. The van der Waals surface area contributed by atoms with E-state index in [1.165, 1.54) is 0 Å². The molecule has 21 aliphatic rings. The number of aliphatic hydroxyl groups excluding tert-OH is 21. The summed E-state index contributed by atoms with van der Waals surface area (Å²) in [5.74, 6) is 0. The van der Waals surface area contributed by atoms with E-state index < -0.39 is 261 Å². The Bertz CT molecular complexity index is 1470. The second-order valence-electron chi connectivity index (χ2n) is 19.7. The lowest BCUT2D eigenvalue weighted by Gasteiger charge is -2.50. The van der Waals surface area contributed by atoms with Crippen LogP contribution in [0.25, 0.3) is 0 Å². The monoisotopic (exact) mass is 1130 g/mol. The molecule has 77 heavy (non-hydrogen) atoms. The first-order chi connectivity index (χ1) is 36.7. The Morgan fingerprint density at radius 2 is 0.260 bits per heavy atom. The van der Waals surface area contributed by atoms with Crippen LogP contribution in [0, 0.1) is 0 Å². The van der Waals surface area contributed by atoms with Crippen molar-refractivity contribution in [1.29, 1.82) is 0 Å². The molecule has 21 rings (SSSR count). The van der Waals surface area contributed by atoms with Crippen LogP contribution in [0.4, 0.5) is 0 Å². The minimum absolute atomic E-state index is 1.05. The average Bonchev–Trinajstić information content (AvgIpc) is 3.47. The van der Waals surface area contributed by atoms with Crippen LogP contribution in [-0.4, -0.2) is 368 Å². The Morgan fingerprint density at radius 1 is 0.156 bits per heavy atom. The largest absolute Gasteiger partial charge is 0.394 e. The predicted octanol–water partition coefficient (Wildman–Crippen LogP) is -15.2. The molecule has 0 aromatic heterocycles. The molecule has 21 fully saturated rings. The van der Waals surface area contributed by atoms with E-state index in [9.17, 15) is 107 Å². The van der Waals surface area contributed by atoms with Gasteiger partial charge in [0.15, 0.2) is 44.0 Å². The summed E-state index contributed by atoms with van der Waals surface area (Å²) in [4.78, 5) is 0. The zero-order chi connectivity index (χ0) is 56.1. The topological polar surface area (TPSA) is 554 Å². The van der Waals surface area contributed by atoms with Crippen molar-refractivity contribution in [3.8, 4) is 0 Å². The van der Waals surface area contributed by atoms with E-state index in [1.807, 2.05) is 0 Å². The molecule has 0 aromatic carbocycles. The molecule has 21 heterocycles. The van der Waals surface area contributed by atoms with Crippen LogP contribution in [0.1, 0.15) is 0 Å². The minimum Gasteiger partial charge on any atom is -0.394 e.